The highest BCUT2D eigenvalue weighted by atomic mass is 16.5. The molecule has 0 heterocycles. The Morgan fingerprint density at radius 1 is 0.612 bits per heavy atom. The lowest BCUT2D eigenvalue weighted by molar-refractivity contribution is -0.146. The number of rotatable bonds is 24. The van der Waals surface area contributed by atoms with Gasteiger partial charge in [-0.15, -0.1) is 0 Å². The number of hydrogen-bond donors (Lipinski definition) is 12. The predicted octanol–water partition coefficient (Wildman–Crippen LogP) is -2.69. The Bertz CT molecular complexity index is 1130. The SMILES string of the molecule is COC(=O)C(CC(C)C)NC(=O)C(CCCNC(=N)N)NC(=O)C(CCC(N)=O)NC(=O)C(CC(C)C)NC(=O)C(N)CCCNC(=N)N. The lowest BCUT2D eigenvalue weighted by Crippen LogP contribution is -2.58. The second-order valence-corrected chi connectivity index (χ2v) is 12.6. The molecule has 0 fully saturated rings. The first kappa shape index (κ1) is 44.3. The standard InChI is InChI=1S/C30H58N12O7/c1-16(2)14-21(41-24(44)18(31)8-6-12-37-29(33)34)27(47)40-20(10-11-23(32)43)26(46)39-19(9-7-13-38-30(35)36)25(45)42-22(15-17(3)4)28(48)49-5/h16-22H,6-15,31H2,1-5H3,(H2,32,43)(H,39,46)(H,40,47)(H,41,44)(H,42,45)(H4,33,34,37)(H4,35,36,38). The van der Waals surface area contributed by atoms with Gasteiger partial charge in [-0.3, -0.25) is 34.8 Å². The van der Waals surface area contributed by atoms with Gasteiger partial charge >= 0.3 is 5.97 Å². The molecule has 0 radical (unpaired) electrons. The Morgan fingerprint density at radius 3 is 1.47 bits per heavy atom. The normalized spacial score (nSPS) is 14.0. The summed E-state index contributed by atoms with van der Waals surface area (Å²) in [6.07, 6.45) is 0.969. The van der Waals surface area contributed by atoms with E-state index >= 15 is 0 Å². The average Bonchev–Trinajstić information content (AvgIpc) is 3.00. The molecule has 0 aromatic rings. The molecule has 49 heavy (non-hydrogen) atoms. The van der Waals surface area contributed by atoms with Crippen LogP contribution in [-0.4, -0.2) is 97.8 Å². The molecule has 0 rings (SSSR count). The van der Waals surface area contributed by atoms with Gasteiger partial charge in [0, 0.05) is 19.5 Å². The summed E-state index contributed by atoms with van der Waals surface area (Å²) in [5.41, 5.74) is 21.9. The molecule has 19 heteroatoms. The molecule has 0 aliphatic carbocycles. The molecule has 0 spiro atoms. The predicted molar refractivity (Wildman–Crippen MR) is 183 cm³/mol. The van der Waals surface area contributed by atoms with Crippen LogP contribution in [0, 0.1) is 22.7 Å². The third kappa shape index (κ3) is 20.3. The van der Waals surface area contributed by atoms with E-state index in [9.17, 15) is 28.8 Å². The summed E-state index contributed by atoms with van der Waals surface area (Å²) in [5.74, 6) is -4.75. The summed E-state index contributed by atoms with van der Waals surface area (Å²) < 4.78 is 4.83. The van der Waals surface area contributed by atoms with Crippen LogP contribution in [0.3, 0.4) is 0 Å². The maximum absolute atomic E-state index is 13.6. The molecule has 0 saturated heterocycles. The number of methoxy groups -OCH3 is 1. The van der Waals surface area contributed by atoms with E-state index in [1.54, 1.807) is 0 Å². The highest BCUT2D eigenvalue weighted by molar-refractivity contribution is 5.95. The van der Waals surface area contributed by atoms with Crippen LogP contribution in [0.5, 0.6) is 0 Å². The average molecular weight is 699 g/mol. The largest absolute Gasteiger partial charge is 0.467 e. The van der Waals surface area contributed by atoms with E-state index in [0.717, 1.165) is 0 Å². The quantitative estimate of drug-likeness (QED) is 0.0212. The van der Waals surface area contributed by atoms with Gasteiger partial charge in [0.05, 0.1) is 13.2 Å². The van der Waals surface area contributed by atoms with Crippen molar-refractivity contribution in [3.8, 4) is 0 Å². The number of hydrogen-bond acceptors (Lipinski definition) is 10. The smallest absolute Gasteiger partial charge is 0.328 e. The number of amides is 5. The van der Waals surface area contributed by atoms with Crippen molar-refractivity contribution in [2.45, 2.75) is 109 Å². The van der Waals surface area contributed by atoms with Crippen molar-refractivity contribution in [1.29, 1.82) is 10.8 Å². The number of guanidine groups is 2. The van der Waals surface area contributed by atoms with Gasteiger partial charge in [-0.25, -0.2) is 4.79 Å². The third-order valence-electron chi connectivity index (χ3n) is 7.12. The van der Waals surface area contributed by atoms with Gasteiger partial charge in [-0.1, -0.05) is 27.7 Å². The Balaban J connectivity index is 6.03. The van der Waals surface area contributed by atoms with Crippen molar-refractivity contribution in [1.82, 2.24) is 31.9 Å². The lowest BCUT2D eigenvalue weighted by atomic mass is 10.0. The minimum absolute atomic E-state index is 0.0168. The molecule has 0 aromatic heterocycles. The molecule has 0 saturated carbocycles. The van der Waals surface area contributed by atoms with Crippen molar-refractivity contribution in [3.05, 3.63) is 0 Å². The summed E-state index contributed by atoms with van der Waals surface area (Å²) in [4.78, 5) is 77.4. The first-order chi connectivity index (χ1) is 22.9. The highest BCUT2D eigenvalue weighted by Crippen LogP contribution is 2.10. The van der Waals surface area contributed by atoms with Crippen LogP contribution in [0.25, 0.3) is 0 Å². The maximum Gasteiger partial charge on any atom is 0.328 e. The van der Waals surface area contributed by atoms with Crippen LogP contribution in [0.15, 0.2) is 0 Å². The van der Waals surface area contributed by atoms with Crippen LogP contribution < -0.4 is 54.8 Å². The molecule has 5 unspecified atom stereocenters. The second-order valence-electron chi connectivity index (χ2n) is 12.6. The fourth-order valence-electron chi connectivity index (χ4n) is 4.66. The summed E-state index contributed by atoms with van der Waals surface area (Å²) in [6.45, 7) is 7.92. The second kappa shape index (κ2) is 23.6. The van der Waals surface area contributed by atoms with Crippen LogP contribution in [0.4, 0.5) is 0 Å². The fourth-order valence-corrected chi connectivity index (χ4v) is 4.66. The summed E-state index contributed by atoms with van der Waals surface area (Å²) in [6, 6.07) is -5.58. The molecular formula is C30H58N12O7. The van der Waals surface area contributed by atoms with E-state index in [1.165, 1.54) is 7.11 Å². The fraction of sp³-hybridized carbons (Fsp3) is 0.733. The first-order valence-electron chi connectivity index (χ1n) is 16.4. The zero-order chi connectivity index (χ0) is 37.7. The molecule has 0 bridgehead atoms. The third-order valence-corrected chi connectivity index (χ3v) is 7.12. The van der Waals surface area contributed by atoms with Gasteiger partial charge in [0.1, 0.15) is 24.2 Å². The number of ether oxygens (including phenoxy) is 1. The minimum Gasteiger partial charge on any atom is -0.467 e. The van der Waals surface area contributed by atoms with Crippen LogP contribution >= 0.6 is 0 Å². The Morgan fingerprint density at radius 2 is 1.02 bits per heavy atom. The number of nitrogens with two attached hydrogens (primary N) is 4. The first-order valence-corrected chi connectivity index (χ1v) is 16.4. The number of carbonyl (C=O) groups excluding carboxylic acids is 6. The monoisotopic (exact) mass is 698 g/mol. The van der Waals surface area contributed by atoms with Gasteiger partial charge in [-0.05, 0) is 56.8 Å². The molecule has 0 aliphatic heterocycles. The van der Waals surface area contributed by atoms with Crippen molar-refractivity contribution >= 4 is 47.4 Å². The molecular weight excluding hydrogens is 640 g/mol. The van der Waals surface area contributed by atoms with E-state index in [4.69, 9.17) is 38.5 Å². The minimum atomic E-state index is -1.34. The number of nitrogens with one attached hydrogen (secondary N) is 8. The van der Waals surface area contributed by atoms with Crippen LogP contribution in [0.2, 0.25) is 0 Å². The van der Waals surface area contributed by atoms with E-state index in [0.29, 0.717) is 13.0 Å². The Labute approximate surface area is 287 Å². The van der Waals surface area contributed by atoms with E-state index < -0.39 is 65.7 Å². The summed E-state index contributed by atoms with van der Waals surface area (Å²) in [7, 11) is 1.19. The molecule has 16 N–H and O–H groups in total. The van der Waals surface area contributed by atoms with Crippen molar-refractivity contribution in [3.63, 3.8) is 0 Å². The van der Waals surface area contributed by atoms with Crippen molar-refractivity contribution in [2.24, 2.45) is 34.8 Å². The van der Waals surface area contributed by atoms with E-state index in [2.05, 4.69) is 31.9 Å². The zero-order valence-corrected chi connectivity index (χ0v) is 29.3. The molecule has 5 amide bonds. The zero-order valence-electron chi connectivity index (χ0n) is 29.3. The summed E-state index contributed by atoms with van der Waals surface area (Å²) >= 11 is 0. The van der Waals surface area contributed by atoms with Crippen molar-refractivity contribution < 1.29 is 33.5 Å². The van der Waals surface area contributed by atoms with E-state index in [1.807, 2.05) is 27.7 Å². The van der Waals surface area contributed by atoms with Gasteiger partial charge in [-0.2, -0.15) is 0 Å². The van der Waals surface area contributed by atoms with Crippen molar-refractivity contribution in [2.75, 3.05) is 20.2 Å². The topological polar surface area (TPSA) is 336 Å². The summed E-state index contributed by atoms with van der Waals surface area (Å²) in [5, 5.41) is 30.2. The molecule has 0 aromatic carbocycles. The molecule has 19 nitrogen and oxygen atoms in total. The molecule has 280 valence electrons. The van der Waals surface area contributed by atoms with Crippen LogP contribution in [-0.2, 0) is 33.5 Å². The molecule has 5 atom stereocenters. The highest BCUT2D eigenvalue weighted by Gasteiger charge is 2.32. The Kier molecular flexibility index (Phi) is 21.4. The van der Waals surface area contributed by atoms with Gasteiger partial charge in [0.2, 0.25) is 29.5 Å². The number of primary amides is 1. The number of esters is 1. The lowest BCUT2D eigenvalue weighted by Gasteiger charge is -2.27. The van der Waals surface area contributed by atoms with Gasteiger partial charge in [0.15, 0.2) is 11.9 Å². The van der Waals surface area contributed by atoms with E-state index in [-0.39, 0.29) is 75.2 Å². The maximum atomic E-state index is 13.6. The van der Waals surface area contributed by atoms with Crippen LogP contribution in [0.1, 0.15) is 79.1 Å². The molecule has 0 aliphatic rings. The van der Waals surface area contributed by atoms with Gasteiger partial charge < -0.3 is 59.6 Å². The number of carbonyl (C=O) groups is 6. The Hall–Kier alpha value is -4.68. The van der Waals surface area contributed by atoms with Gasteiger partial charge in [0.25, 0.3) is 0 Å².